The van der Waals surface area contributed by atoms with Gasteiger partial charge in [0, 0.05) is 11.6 Å². The number of amides is 1. The van der Waals surface area contributed by atoms with Crippen molar-refractivity contribution in [2.24, 2.45) is 0 Å². The van der Waals surface area contributed by atoms with Gasteiger partial charge in [-0.15, -0.1) is 0 Å². The van der Waals surface area contributed by atoms with Crippen molar-refractivity contribution in [2.45, 2.75) is 20.3 Å². The van der Waals surface area contributed by atoms with Crippen molar-refractivity contribution in [1.29, 1.82) is 0 Å². The molecular weight excluding hydrogens is 266 g/mol. The van der Waals surface area contributed by atoms with Gasteiger partial charge in [-0.05, 0) is 43.2 Å². The van der Waals surface area contributed by atoms with E-state index in [9.17, 15) is 4.79 Å². The maximum Gasteiger partial charge on any atom is 0.230 e. The number of nitrogens with zero attached hydrogens (tertiary/aromatic N) is 2. The topological polar surface area (TPSA) is 68.0 Å². The summed E-state index contributed by atoms with van der Waals surface area (Å²) in [4.78, 5) is 16.0. The maximum absolute atomic E-state index is 12.1. The zero-order chi connectivity index (χ0) is 14.8. The lowest BCUT2D eigenvalue weighted by Crippen LogP contribution is -2.14. The average Bonchev–Trinajstić information content (AvgIpc) is 2.83. The third-order valence-corrected chi connectivity index (χ3v) is 3.25. The van der Waals surface area contributed by atoms with Crippen LogP contribution in [0.4, 0.5) is 5.69 Å². The highest BCUT2D eigenvalue weighted by atomic mass is 16.5. The molecule has 0 aliphatic rings. The third kappa shape index (κ3) is 2.76. The summed E-state index contributed by atoms with van der Waals surface area (Å²) in [7, 11) is 0. The Balaban J connectivity index is 1.83. The predicted octanol–water partition coefficient (Wildman–Crippen LogP) is 3.02. The molecule has 1 amide bonds. The minimum absolute atomic E-state index is 0.141. The van der Waals surface area contributed by atoms with Crippen molar-refractivity contribution < 1.29 is 9.32 Å². The fourth-order valence-electron chi connectivity index (χ4n) is 2.36. The number of carbonyl (C=O) groups excluding carboxylic acids is 1. The highest BCUT2D eigenvalue weighted by Gasteiger charge is 2.14. The molecule has 21 heavy (non-hydrogen) atoms. The fourth-order valence-corrected chi connectivity index (χ4v) is 2.36. The van der Waals surface area contributed by atoms with Crippen LogP contribution in [0.3, 0.4) is 0 Å². The molecule has 3 aromatic rings. The summed E-state index contributed by atoms with van der Waals surface area (Å²) in [6.07, 6.45) is 3.43. The van der Waals surface area contributed by atoms with Crippen LogP contribution in [0.1, 0.15) is 16.8 Å². The Morgan fingerprint density at radius 3 is 2.95 bits per heavy atom. The van der Waals surface area contributed by atoms with Crippen LogP contribution in [0.2, 0.25) is 0 Å². The molecule has 2 heterocycles. The Bertz CT molecular complexity index is 794. The second-order valence-corrected chi connectivity index (χ2v) is 5.05. The first-order chi connectivity index (χ1) is 10.1. The summed E-state index contributed by atoms with van der Waals surface area (Å²) in [5.74, 6) is -0.141. The highest BCUT2D eigenvalue weighted by molar-refractivity contribution is 5.95. The van der Waals surface area contributed by atoms with E-state index in [1.54, 1.807) is 24.5 Å². The van der Waals surface area contributed by atoms with E-state index in [1.807, 2.05) is 26.0 Å². The Morgan fingerprint density at radius 1 is 1.33 bits per heavy atom. The van der Waals surface area contributed by atoms with E-state index in [0.717, 1.165) is 22.1 Å². The molecule has 0 saturated carbocycles. The van der Waals surface area contributed by atoms with Crippen molar-refractivity contribution in [3.05, 3.63) is 53.5 Å². The van der Waals surface area contributed by atoms with Crippen LogP contribution in [0.25, 0.3) is 11.0 Å². The largest absolute Gasteiger partial charge is 0.356 e. The summed E-state index contributed by atoms with van der Waals surface area (Å²) in [6, 6.07) is 7.59. The number of fused-ring (bicyclic) bond motifs is 1. The first-order valence-electron chi connectivity index (χ1n) is 6.69. The standard InChI is InChI=1S/C16H15N3O2/c1-10-6-11(2)16-13(7-10)14(19-21-16)8-15(20)18-12-4-3-5-17-9-12/h3-7,9H,8H2,1-2H3,(H,18,20). The van der Waals surface area contributed by atoms with Gasteiger partial charge in [-0.25, -0.2) is 0 Å². The Labute approximate surface area is 122 Å². The van der Waals surface area contributed by atoms with Gasteiger partial charge in [0.1, 0.15) is 5.69 Å². The summed E-state index contributed by atoms with van der Waals surface area (Å²) < 4.78 is 5.34. The summed E-state index contributed by atoms with van der Waals surface area (Å²) >= 11 is 0. The quantitative estimate of drug-likeness (QED) is 0.801. The number of benzene rings is 1. The normalized spacial score (nSPS) is 10.8. The molecule has 0 bridgehead atoms. The summed E-state index contributed by atoms with van der Waals surface area (Å²) in [5, 5.41) is 7.72. The minimum Gasteiger partial charge on any atom is -0.356 e. The highest BCUT2D eigenvalue weighted by Crippen LogP contribution is 2.24. The molecular formula is C16H15N3O2. The van der Waals surface area contributed by atoms with Crippen LogP contribution in [0.15, 0.2) is 41.2 Å². The molecule has 0 saturated heterocycles. The van der Waals surface area contributed by atoms with Gasteiger partial charge >= 0.3 is 0 Å². The lowest BCUT2D eigenvalue weighted by Gasteiger charge is -2.03. The van der Waals surface area contributed by atoms with E-state index >= 15 is 0 Å². The van der Waals surface area contributed by atoms with Gasteiger partial charge in [0.2, 0.25) is 5.91 Å². The van der Waals surface area contributed by atoms with Gasteiger partial charge in [0.15, 0.2) is 5.58 Å². The van der Waals surface area contributed by atoms with Crippen molar-refractivity contribution in [1.82, 2.24) is 10.1 Å². The van der Waals surface area contributed by atoms with E-state index < -0.39 is 0 Å². The fraction of sp³-hybridized carbons (Fsp3) is 0.188. The summed E-state index contributed by atoms with van der Waals surface area (Å²) in [6.45, 7) is 3.99. The number of hydrogen-bond donors (Lipinski definition) is 1. The molecule has 0 unspecified atom stereocenters. The Morgan fingerprint density at radius 2 is 2.19 bits per heavy atom. The SMILES string of the molecule is Cc1cc(C)c2onc(CC(=O)Nc3cccnc3)c2c1. The van der Waals surface area contributed by atoms with Crippen LogP contribution < -0.4 is 5.32 Å². The molecule has 0 radical (unpaired) electrons. The van der Waals surface area contributed by atoms with Gasteiger partial charge in [0.25, 0.3) is 0 Å². The lowest BCUT2D eigenvalue weighted by molar-refractivity contribution is -0.115. The number of carbonyl (C=O) groups is 1. The predicted molar refractivity (Wildman–Crippen MR) is 80.1 cm³/mol. The van der Waals surface area contributed by atoms with Crippen molar-refractivity contribution in [2.75, 3.05) is 5.32 Å². The molecule has 0 spiro atoms. The molecule has 1 aromatic carbocycles. The van der Waals surface area contributed by atoms with Crippen LogP contribution in [0.5, 0.6) is 0 Å². The van der Waals surface area contributed by atoms with E-state index in [4.69, 9.17) is 4.52 Å². The second kappa shape index (κ2) is 5.36. The Kier molecular flexibility index (Phi) is 3.39. The number of hydrogen-bond acceptors (Lipinski definition) is 4. The smallest absolute Gasteiger partial charge is 0.230 e. The van der Waals surface area contributed by atoms with Gasteiger partial charge in [-0.1, -0.05) is 11.2 Å². The molecule has 3 rings (SSSR count). The monoisotopic (exact) mass is 281 g/mol. The van der Waals surface area contributed by atoms with Gasteiger partial charge < -0.3 is 9.84 Å². The van der Waals surface area contributed by atoms with Crippen molar-refractivity contribution >= 4 is 22.6 Å². The molecule has 5 heteroatoms. The first-order valence-corrected chi connectivity index (χ1v) is 6.69. The summed E-state index contributed by atoms with van der Waals surface area (Å²) in [5.41, 5.74) is 4.21. The Hall–Kier alpha value is -2.69. The number of nitrogens with one attached hydrogen (secondary N) is 1. The molecule has 2 aromatic heterocycles. The van der Waals surface area contributed by atoms with E-state index in [2.05, 4.69) is 15.5 Å². The molecule has 0 fully saturated rings. The molecule has 1 N–H and O–H groups in total. The zero-order valence-corrected chi connectivity index (χ0v) is 11.9. The van der Waals surface area contributed by atoms with Crippen LogP contribution in [-0.2, 0) is 11.2 Å². The zero-order valence-electron chi connectivity index (χ0n) is 11.9. The van der Waals surface area contributed by atoms with Crippen LogP contribution in [-0.4, -0.2) is 16.0 Å². The van der Waals surface area contributed by atoms with Crippen LogP contribution >= 0.6 is 0 Å². The number of anilines is 1. The minimum atomic E-state index is -0.141. The molecule has 0 aliphatic heterocycles. The number of aryl methyl sites for hydroxylation is 2. The van der Waals surface area contributed by atoms with Gasteiger partial charge in [0.05, 0.1) is 18.3 Å². The van der Waals surface area contributed by atoms with E-state index in [-0.39, 0.29) is 12.3 Å². The second-order valence-electron chi connectivity index (χ2n) is 5.05. The third-order valence-electron chi connectivity index (χ3n) is 3.25. The molecule has 0 atom stereocenters. The maximum atomic E-state index is 12.1. The molecule has 5 nitrogen and oxygen atoms in total. The first kappa shape index (κ1) is 13.3. The molecule has 0 aliphatic carbocycles. The number of pyridine rings is 1. The number of rotatable bonds is 3. The average molecular weight is 281 g/mol. The van der Waals surface area contributed by atoms with Gasteiger partial charge in [-0.3, -0.25) is 9.78 Å². The van der Waals surface area contributed by atoms with E-state index in [0.29, 0.717) is 11.4 Å². The molecule has 106 valence electrons. The lowest BCUT2D eigenvalue weighted by atomic mass is 10.1. The van der Waals surface area contributed by atoms with E-state index in [1.165, 1.54) is 0 Å². The van der Waals surface area contributed by atoms with Gasteiger partial charge in [-0.2, -0.15) is 0 Å². The van der Waals surface area contributed by atoms with Crippen molar-refractivity contribution in [3.63, 3.8) is 0 Å². The van der Waals surface area contributed by atoms with Crippen LogP contribution in [0, 0.1) is 13.8 Å². The van der Waals surface area contributed by atoms with Crippen molar-refractivity contribution in [3.8, 4) is 0 Å². The number of aromatic nitrogens is 2.